The molecule has 0 unspecified atom stereocenters. The fourth-order valence-corrected chi connectivity index (χ4v) is 2.34. The summed E-state index contributed by atoms with van der Waals surface area (Å²) in [6.45, 7) is 5.37. The van der Waals surface area contributed by atoms with Crippen molar-refractivity contribution in [2.75, 3.05) is 5.75 Å². The maximum Gasteiger partial charge on any atom is 0.186 e. The lowest BCUT2D eigenvalue weighted by Crippen LogP contribution is -2.26. The molecule has 0 amide bonds. The summed E-state index contributed by atoms with van der Waals surface area (Å²) < 4.78 is 0. The summed E-state index contributed by atoms with van der Waals surface area (Å²) in [6.07, 6.45) is 0.970. The predicted molar refractivity (Wildman–Crippen MR) is 60.8 cm³/mol. The summed E-state index contributed by atoms with van der Waals surface area (Å²) in [7, 11) is 0. The quantitative estimate of drug-likeness (QED) is 0.788. The minimum Gasteiger partial charge on any atom is -0.512 e. The molecule has 3 nitrogen and oxygen atoms in total. The van der Waals surface area contributed by atoms with Gasteiger partial charge in [0.2, 0.25) is 0 Å². The molecule has 0 radical (unpaired) electrons. The number of rotatable bonds is 2. The molecule has 0 fully saturated rings. The Morgan fingerprint density at radius 3 is 2.53 bits per heavy atom. The van der Waals surface area contributed by atoms with Crippen molar-refractivity contribution in [1.82, 2.24) is 0 Å². The number of hydrogen-bond donors (Lipinski definition) is 1. The number of carbonyl (C=O) groups is 2. The molecular weight excluding hydrogens is 212 g/mol. The third-order valence-corrected chi connectivity index (χ3v) is 3.23. The highest BCUT2D eigenvalue weighted by atomic mass is 32.2. The summed E-state index contributed by atoms with van der Waals surface area (Å²) in [5, 5.41) is 9.69. The zero-order valence-electron chi connectivity index (χ0n) is 9.29. The van der Waals surface area contributed by atoms with Gasteiger partial charge in [-0.2, -0.15) is 0 Å². The van der Waals surface area contributed by atoms with Crippen LogP contribution in [0.2, 0.25) is 0 Å². The molecule has 0 heterocycles. The van der Waals surface area contributed by atoms with E-state index in [1.54, 1.807) is 0 Å². The van der Waals surface area contributed by atoms with E-state index in [4.69, 9.17) is 0 Å². The minimum atomic E-state index is -0.161. The van der Waals surface area contributed by atoms with E-state index in [2.05, 4.69) is 0 Å². The molecule has 0 aromatic carbocycles. The maximum atomic E-state index is 11.7. The van der Waals surface area contributed by atoms with Crippen LogP contribution < -0.4 is 0 Å². The Kier molecular flexibility index (Phi) is 3.60. The Morgan fingerprint density at radius 1 is 1.47 bits per heavy atom. The molecule has 0 saturated carbocycles. The van der Waals surface area contributed by atoms with Gasteiger partial charge < -0.3 is 5.11 Å². The van der Waals surface area contributed by atoms with E-state index in [0.717, 1.165) is 11.8 Å². The van der Waals surface area contributed by atoms with Gasteiger partial charge in [-0.25, -0.2) is 0 Å². The number of thioether (sulfide) groups is 1. The number of Topliss-reactive ketones (excluding diaryl/α,β-unsaturated/α-hetero) is 1. The maximum absolute atomic E-state index is 11.7. The Bertz CT molecular complexity index is 329. The van der Waals surface area contributed by atoms with Gasteiger partial charge in [-0.3, -0.25) is 9.59 Å². The van der Waals surface area contributed by atoms with Crippen LogP contribution in [-0.2, 0) is 9.59 Å². The van der Waals surface area contributed by atoms with Gasteiger partial charge in [0.1, 0.15) is 5.76 Å². The zero-order valence-corrected chi connectivity index (χ0v) is 10.1. The number of ketones is 1. The average Bonchev–Trinajstić information content (AvgIpc) is 1.98. The highest BCUT2D eigenvalue weighted by Gasteiger charge is 2.32. The van der Waals surface area contributed by atoms with Crippen molar-refractivity contribution in [2.24, 2.45) is 5.41 Å². The lowest BCUT2D eigenvalue weighted by atomic mass is 9.77. The fraction of sp³-hybridized carbons (Fsp3) is 0.636. The van der Waals surface area contributed by atoms with Gasteiger partial charge in [-0.15, -0.1) is 0 Å². The van der Waals surface area contributed by atoms with Crippen LogP contribution in [0.3, 0.4) is 0 Å². The van der Waals surface area contributed by atoms with E-state index in [9.17, 15) is 14.7 Å². The molecule has 0 aliphatic heterocycles. The van der Waals surface area contributed by atoms with E-state index in [1.807, 2.05) is 13.8 Å². The summed E-state index contributed by atoms with van der Waals surface area (Å²) in [4.78, 5) is 22.5. The third-order valence-electron chi connectivity index (χ3n) is 2.39. The second kappa shape index (κ2) is 4.39. The van der Waals surface area contributed by atoms with Crippen molar-refractivity contribution < 1.29 is 14.7 Å². The summed E-state index contributed by atoms with van der Waals surface area (Å²) in [6, 6.07) is 0. The largest absolute Gasteiger partial charge is 0.512 e. The van der Waals surface area contributed by atoms with Gasteiger partial charge in [0.15, 0.2) is 10.9 Å². The molecule has 1 aliphatic carbocycles. The Hall–Kier alpha value is -0.770. The first-order valence-corrected chi connectivity index (χ1v) is 5.88. The van der Waals surface area contributed by atoms with Crippen LogP contribution >= 0.6 is 11.8 Å². The molecule has 1 rings (SSSR count). The van der Waals surface area contributed by atoms with Crippen LogP contribution in [0.25, 0.3) is 0 Å². The number of allylic oxidation sites excluding steroid dienone is 1. The lowest BCUT2D eigenvalue weighted by molar-refractivity contribution is -0.118. The highest BCUT2D eigenvalue weighted by molar-refractivity contribution is 8.13. The summed E-state index contributed by atoms with van der Waals surface area (Å²) >= 11 is 1.07. The number of aliphatic hydroxyl groups is 1. The molecule has 4 heteroatoms. The van der Waals surface area contributed by atoms with Gasteiger partial charge in [0.25, 0.3) is 0 Å². The number of carbonyl (C=O) groups excluding carboxylic acids is 2. The molecule has 0 spiro atoms. The van der Waals surface area contributed by atoms with Crippen molar-refractivity contribution in [3.63, 3.8) is 0 Å². The molecule has 0 saturated heterocycles. The summed E-state index contributed by atoms with van der Waals surface area (Å²) in [5.41, 5.74) is 0.264. The topological polar surface area (TPSA) is 54.4 Å². The predicted octanol–water partition coefficient (Wildman–Crippen LogP) is 2.47. The molecular formula is C11H16O3S. The Labute approximate surface area is 93.9 Å². The molecule has 0 aromatic heterocycles. The van der Waals surface area contributed by atoms with Crippen LogP contribution in [0.4, 0.5) is 0 Å². The van der Waals surface area contributed by atoms with Gasteiger partial charge in [0.05, 0.1) is 0 Å². The van der Waals surface area contributed by atoms with Crippen molar-refractivity contribution in [2.45, 2.75) is 33.6 Å². The van der Waals surface area contributed by atoms with Crippen LogP contribution in [0.15, 0.2) is 11.3 Å². The Morgan fingerprint density at radius 2 is 2.07 bits per heavy atom. The van der Waals surface area contributed by atoms with Crippen LogP contribution in [0, 0.1) is 5.41 Å². The third kappa shape index (κ3) is 3.38. The van der Waals surface area contributed by atoms with E-state index in [0.29, 0.717) is 24.2 Å². The van der Waals surface area contributed by atoms with E-state index < -0.39 is 0 Å². The molecule has 84 valence electrons. The SMILES string of the molecule is CC(=O)SCC1=C(O)CC(C)(C)CC1=O. The molecule has 1 N–H and O–H groups in total. The second-order valence-corrected chi connectivity index (χ2v) is 5.80. The number of aliphatic hydroxyl groups excluding tert-OH is 1. The summed E-state index contributed by atoms with van der Waals surface area (Å²) in [5.74, 6) is 0.429. The molecule has 0 aromatic rings. The minimum absolute atomic E-state index is 0.0301. The van der Waals surface area contributed by atoms with E-state index >= 15 is 0 Å². The van der Waals surface area contributed by atoms with Gasteiger partial charge in [0, 0.05) is 31.1 Å². The first kappa shape index (κ1) is 12.3. The van der Waals surface area contributed by atoms with Crippen LogP contribution in [-0.4, -0.2) is 21.8 Å². The standard InChI is InChI=1S/C11H16O3S/c1-7(12)15-6-8-9(13)4-11(2,3)5-10(8)14/h13H,4-6H2,1-3H3. The van der Waals surface area contributed by atoms with Gasteiger partial charge in [-0.05, 0) is 5.41 Å². The average molecular weight is 228 g/mol. The smallest absolute Gasteiger partial charge is 0.186 e. The molecule has 0 bridgehead atoms. The normalized spacial score (nSPS) is 20.6. The van der Waals surface area contributed by atoms with E-state index in [-0.39, 0.29) is 22.1 Å². The first-order valence-electron chi connectivity index (χ1n) is 4.89. The highest BCUT2D eigenvalue weighted by Crippen LogP contribution is 2.36. The second-order valence-electron chi connectivity index (χ2n) is 4.65. The van der Waals surface area contributed by atoms with Crippen molar-refractivity contribution in [1.29, 1.82) is 0 Å². The Balaban J connectivity index is 2.78. The molecule has 1 aliphatic rings. The molecule has 0 atom stereocenters. The molecule has 15 heavy (non-hydrogen) atoms. The van der Waals surface area contributed by atoms with Crippen molar-refractivity contribution in [3.8, 4) is 0 Å². The zero-order chi connectivity index (χ0) is 11.6. The monoisotopic (exact) mass is 228 g/mol. The number of hydrogen-bond acceptors (Lipinski definition) is 4. The first-order chi connectivity index (χ1) is 6.82. The fourth-order valence-electron chi connectivity index (χ4n) is 1.66. The lowest BCUT2D eigenvalue weighted by Gasteiger charge is -2.29. The van der Waals surface area contributed by atoms with Crippen molar-refractivity contribution in [3.05, 3.63) is 11.3 Å². The van der Waals surface area contributed by atoms with E-state index in [1.165, 1.54) is 6.92 Å². The van der Waals surface area contributed by atoms with Crippen LogP contribution in [0.5, 0.6) is 0 Å². The van der Waals surface area contributed by atoms with Crippen molar-refractivity contribution >= 4 is 22.7 Å². The van der Waals surface area contributed by atoms with Crippen LogP contribution in [0.1, 0.15) is 33.6 Å². The van der Waals surface area contributed by atoms with Gasteiger partial charge in [-0.1, -0.05) is 25.6 Å². The van der Waals surface area contributed by atoms with Gasteiger partial charge >= 0.3 is 0 Å².